The third kappa shape index (κ3) is 5.15. The van der Waals surface area contributed by atoms with Crippen LogP contribution in [0.4, 0.5) is 4.39 Å². The highest BCUT2D eigenvalue weighted by atomic mass is 19.1. The summed E-state index contributed by atoms with van der Waals surface area (Å²) in [4.78, 5) is 2.14. The Hall–Kier alpha value is -0.930. The lowest BCUT2D eigenvalue weighted by Gasteiger charge is -2.26. The van der Waals surface area contributed by atoms with E-state index in [0.29, 0.717) is 6.54 Å². The van der Waals surface area contributed by atoms with E-state index in [9.17, 15) is 4.39 Å². The molecule has 0 aliphatic heterocycles. The SMILES string of the molecule is CCC(C)(C)NCCN(C)Cc1ccccc1F. The van der Waals surface area contributed by atoms with Crippen molar-refractivity contribution in [3.63, 3.8) is 0 Å². The third-order valence-corrected chi connectivity index (χ3v) is 3.38. The van der Waals surface area contributed by atoms with Gasteiger partial charge >= 0.3 is 0 Å². The molecule has 0 atom stereocenters. The van der Waals surface area contributed by atoms with E-state index in [-0.39, 0.29) is 11.4 Å². The van der Waals surface area contributed by atoms with Gasteiger partial charge < -0.3 is 10.2 Å². The van der Waals surface area contributed by atoms with E-state index in [4.69, 9.17) is 0 Å². The lowest BCUT2D eigenvalue weighted by Crippen LogP contribution is -2.42. The Morgan fingerprint density at radius 1 is 1.28 bits per heavy atom. The highest BCUT2D eigenvalue weighted by Crippen LogP contribution is 2.09. The molecule has 0 radical (unpaired) electrons. The average Bonchev–Trinajstić information content (AvgIpc) is 2.32. The fraction of sp³-hybridized carbons (Fsp3) is 0.600. The summed E-state index contributed by atoms with van der Waals surface area (Å²) >= 11 is 0. The van der Waals surface area contributed by atoms with Crippen molar-refractivity contribution in [2.45, 2.75) is 39.3 Å². The highest BCUT2D eigenvalue weighted by molar-refractivity contribution is 5.16. The number of halogens is 1. The standard InChI is InChI=1S/C15H25FN2/c1-5-15(2,3)17-10-11-18(4)12-13-8-6-7-9-14(13)16/h6-9,17H,5,10-12H2,1-4H3. The van der Waals surface area contributed by atoms with E-state index in [2.05, 4.69) is 31.0 Å². The van der Waals surface area contributed by atoms with E-state index in [1.807, 2.05) is 19.2 Å². The molecule has 0 bridgehead atoms. The van der Waals surface area contributed by atoms with Gasteiger partial charge in [-0.25, -0.2) is 4.39 Å². The van der Waals surface area contributed by atoms with Gasteiger partial charge in [0.15, 0.2) is 0 Å². The monoisotopic (exact) mass is 252 g/mol. The van der Waals surface area contributed by atoms with Crippen LogP contribution in [0.25, 0.3) is 0 Å². The zero-order valence-electron chi connectivity index (χ0n) is 12.0. The summed E-state index contributed by atoms with van der Waals surface area (Å²) in [7, 11) is 2.02. The van der Waals surface area contributed by atoms with Gasteiger partial charge in [0, 0.05) is 30.7 Å². The molecule has 0 amide bonds. The smallest absolute Gasteiger partial charge is 0.127 e. The minimum Gasteiger partial charge on any atom is -0.311 e. The fourth-order valence-corrected chi connectivity index (χ4v) is 1.71. The molecule has 0 saturated carbocycles. The summed E-state index contributed by atoms with van der Waals surface area (Å²) in [5.41, 5.74) is 0.938. The van der Waals surface area contributed by atoms with Crippen molar-refractivity contribution in [3.8, 4) is 0 Å². The molecule has 0 aromatic heterocycles. The Kier molecular flexibility index (Phi) is 5.76. The molecule has 0 aliphatic carbocycles. The van der Waals surface area contributed by atoms with E-state index < -0.39 is 0 Å². The summed E-state index contributed by atoms with van der Waals surface area (Å²) in [5.74, 6) is -0.119. The number of likely N-dealkylation sites (N-methyl/N-ethyl adjacent to an activating group) is 1. The van der Waals surface area contributed by atoms with Crippen LogP contribution in [0, 0.1) is 5.82 Å². The largest absolute Gasteiger partial charge is 0.311 e. The summed E-state index contributed by atoms with van der Waals surface area (Å²) in [5, 5.41) is 3.50. The van der Waals surface area contributed by atoms with Gasteiger partial charge in [0.1, 0.15) is 5.82 Å². The number of rotatable bonds is 7. The number of benzene rings is 1. The van der Waals surface area contributed by atoms with Crippen LogP contribution in [0.1, 0.15) is 32.8 Å². The average molecular weight is 252 g/mol. The first-order valence-corrected chi connectivity index (χ1v) is 6.61. The minimum atomic E-state index is -0.119. The number of nitrogens with zero attached hydrogens (tertiary/aromatic N) is 1. The quantitative estimate of drug-likeness (QED) is 0.802. The Morgan fingerprint density at radius 3 is 2.56 bits per heavy atom. The van der Waals surface area contributed by atoms with Crippen molar-refractivity contribution in [1.29, 1.82) is 0 Å². The van der Waals surface area contributed by atoms with Crippen molar-refractivity contribution in [1.82, 2.24) is 10.2 Å². The summed E-state index contributed by atoms with van der Waals surface area (Å²) in [6, 6.07) is 6.96. The zero-order valence-corrected chi connectivity index (χ0v) is 12.0. The van der Waals surface area contributed by atoms with Gasteiger partial charge in [-0.05, 0) is 33.4 Å². The molecule has 0 spiro atoms. The van der Waals surface area contributed by atoms with Crippen LogP contribution >= 0.6 is 0 Å². The first-order valence-electron chi connectivity index (χ1n) is 6.61. The Morgan fingerprint density at radius 2 is 1.94 bits per heavy atom. The molecule has 0 fully saturated rings. The summed E-state index contributed by atoms with van der Waals surface area (Å²) in [6.07, 6.45) is 1.10. The van der Waals surface area contributed by atoms with Gasteiger partial charge in [-0.3, -0.25) is 0 Å². The second kappa shape index (κ2) is 6.86. The second-order valence-corrected chi connectivity index (χ2v) is 5.49. The van der Waals surface area contributed by atoms with Crippen molar-refractivity contribution < 1.29 is 4.39 Å². The van der Waals surface area contributed by atoms with Gasteiger partial charge in [0.2, 0.25) is 0 Å². The summed E-state index contributed by atoms with van der Waals surface area (Å²) < 4.78 is 13.5. The first kappa shape index (κ1) is 15.1. The van der Waals surface area contributed by atoms with E-state index in [1.165, 1.54) is 6.07 Å². The van der Waals surface area contributed by atoms with E-state index in [1.54, 1.807) is 6.07 Å². The maximum Gasteiger partial charge on any atom is 0.127 e. The molecule has 0 aliphatic rings. The molecule has 1 rings (SSSR count). The maximum atomic E-state index is 13.5. The molecule has 102 valence electrons. The van der Waals surface area contributed by atoms with Gasteiger partial charge in [0.25, 0.3) is 0 Å². The van der Waals surface area contributed by atoms with Gasteiger partial charge in [-0.1, -0.05) is 25.1 Å². The second-order valence-electron chi connectivity index (χ2n) is 5.49. The highest BCUT2D eigenvalue weighted by Gasteiger charge is 2.13. The van der Waals surface area contributed by atoms with Gasteiger partial charge in [0.05, 0.1) is 0 Å². The maximum absolute atomic E-state index is 13.5. The summed E-state index contributed by atoms with van der Waals surface area (Å²) in [6.45, 7) is 9.06. The van der Waals surface area contributed by atoms with Gasteiger partial charge in [-0.2, -0.15) is 0 Å². The lowest BCUT2D eigenvalue weighted by molar-refractivity contribution is 0.290. The molecule has 1 aromatic rings. The predicted molar refractivity (Wildman–Crippen MR) is 75.1 cm³/mol. The Balaban J connectivity index is 2.34. The van der Waals surface area contributed by atoms with Crippen molar-refractivity contribution in [3.05, 3.63) is 35.6 Å². The molecular weight excluding hydrogens is 227 g/mol. The molecule has 0 unspecified atom stereocenters. The molecule has 2 nitrogen and oxygen atoms in total. The molecule has 3 heteroatoms. The Bertz CT molecular complexity index is 363. The predicted octanol–water partition coefficient (Wildman–Crippen LogP) is 3.04. The van der Waals surface area contributed by atoms with Crippen LogP contribution in [0.2, 0.25) is 0 Å². The van der Waals surface area contributed by atoms with Crippen LogP contribution in [-0.2, 0) is 6.54 Å². The Labute approximate surface area is 110 Å². The number of nitrogens with one attached hydrogen (secondary N) is 1. The minimum absolute atomic E-state index is 0.119. The van der Waals surface area contributed by atoms with Crippen LogP contribution in [0.3, 0.4) is 0 Å². The first-order chi connectivity index (χ1) is 8.44. The van der Waals surface area contributed by atoms with Gasteiger partial charge in [-0.15, -0.1) is 0 Å². The third-order valence-electron chi connectivity index (χ3n) is 3.38. The van der Waals surface area contributed by atoms with E-state index >= 15 is 0 Å². The number of hydrogen-bond acceptors (Lipinski definition) is 2. The molecule has 1 N–H and O–H groups in total. The molecule has 0 saturated heterocycles. The van der Waals surface area contributed by atoms with Crippen molar-refractivity contribution >= 4 is 0 Å². The molecule has 1 aromatic carbocycles. The van der Waals surface area contributed by atoms with Crippen LogP contribution in [-0.4, -0.2) is 30.6 Å². The van der Waals surface area contributed by atoms with Crippen LogP contribution in [0.5, 0.6) is 0 Å². The van der Waals surface area contributed by atoms with E-state index in [0.717, 1.165) is 25.1 Å². The lowest BCUT2D eigenvalue weighted by atomic mass is 10.0. The normalized spacial score (nSPS) is 12.1. The van der Waals surface area contributed by atoms with Crippen molar-refractivity contribution in [2.75, 3.05) is 20.1 Å². The van der Waals surface area contributed by atoms with Crippen LogP contribution < -0.4 is 5.32 Å². The number of hydrogen-bond donors (Lipinski definition) is 1. The molecule has 18 heavy (non-hydrogen) atoms. The molecular formula is C15H25FN2. The zero-order chi connectivity index (χ0) is 13.6. The fourth-order valence-electron chi connectivity index (χ4n) is 1.71. The van der Waals surface area contributed by atoms with Crippen molar-refractivity contribution in [2.24, 2.45) is 0 Å². The van der Waals surface area contributed by atoms with Crippen LogP contribution in [0.15, 0.2) is 24.3 Å². The topological polar surface area (TPSA) is 15.3 Å². The molecule has 0 heterocycles.